The third kappa shape index (κ3) is 3.80. The predicted octanol–water partition coefficient (Wildman–Crippen LogP) is 4.67. The smallest absolute Gasteiger partial charge is 0.315 e. The molecule has 5 rings (SSSR count). The molecular formula is C27H28N2O4. The van der Waals surface area contributed by atoms with Crippen molar-refractivity contribution in [1.29, 1.82) is 0 Å². The van der Waals surface area contributed by atoms with E-state index in [0.717, 1.165) is 45.5 Å². The van der Waals surface area contributed by atoms with Gasteiger partial charge in [0.15, 0.2) is 0 Å². The number of nitrogens with one attached hydrogen (secondary N) is 1. The second-order valence-corrected chi connectivity index (χ2v) is 8.61. The summed E-state index contributed by atoms with van der Waals surface area (Å²) in [5.74, 6) is -0.144. The summed E-state index contributed by atoms with van der Waals surface area (Å²) in [5, 5.41) is 1.11. The number of H-pyrrole nitrogens is 1. The zero-order valence-corrected chi connectivity index (χ0v) is 19.0. The summed E-state index contributed by atoms with van der Waals surface area (Å²) in [5.41, 5.74) is 5.05. The van der Waals surface area contributed by atoms with Gasteiger partial charge in [-0.1, -0.05) is 30.3 Å². The number of carbonyl (C=O) groups excluding carboxylic acids is 2. The van der Waals surface area contributed by atoms with Gasteiger partial charge in [-0.25, -0.2) is 0 Å². The van der Waals surface area contributed by atoms with Crippen LogP contribution in [-0.4, -0.2) is 42.0 Å². The number of para-hydroxylation sites is 1. The summed E-state index contributed by atoms with van der Waals surface area (Å²) in [6, 6.07) is 16.0. The van der Waals surface area contributed by atoms with E-state index >= 15 is 0 Å². The second kappa shape index (κ2) is 8.77. The molecular weight excluding hydrogens is 416 g/mol. The average molecular weight is 445 g/mol. The Balaban J connectivity index is 1.71. The maximum Gasteiger partial charge on any atom is 0.315 e. The average Bonchev–Trinajstić information content (AvgIpc) is 3.41. The van der Waals surface area contributed by atoms with Crippen molar-refractivity contribution in [2.75, 3.05) is 20.3 Å². The molecule has 170 valence electrons. The molecule has 2 aliphatic rings. The van der Waals surface area contributed by atoms with Gasteiger partial charge >= 0.3 is 5.97 Å². The van der Waals surface area contributed by atoms with E-state index in [-0.39, 0.29) is 17.8 Å². The minimum atomic E-state index is -0.529. The minimum absolute atomic E-state index is 0.133. The maximum atomic E-state index is 13.4. The number of carbonyl (C=O) groups is 2. The first-order valence-electron chi connectivity index (χ1n) is 11.5. The van der Waals surface area contributed by atoms with Crippen molar-refractivity contribution >= 4 is 22.8 Å². The van der Waals surface area contributed by atoms with Gasteiger partial charge in [-0.05, 0) is 54.7 Å². The highest BCUT2D eigenvalue weighted by Gasteiger charge is 2.42. The zero-order valence-electron chi connectivity index (χ0n) is 19.0. The van der Waals surface area contributed by atoms with Crippen LogP contribution in [0.4, 0.5) is 0 Å². The van der Waals surface area contributed by atoms with Crippen LogP contribution < -0.4 is 4.74 Å². The van der Waals surface area contributed by atoms with E-state index in [1.165, 1.54) is 0 Å². The van der Waals surface area contributed by atoms with Crippen LogP contribution in [0.15, 0.2) is 60.3 Å². The Morgan fingerprint density at radius 2 is 1.97 bits per heavy atom. The van der Waals surface area contributed by atoms with Gasteiger partial charge in [0.05, 0.1) is 13.7 Å². The number of hydrogen-bond acceptors (Lipinski definition) is 4. The number of ether oxygens (including phenoxy) is 2. The SMILES string of the molecule is CCOC(=O)C1c2[nH]c3ccccc3c2C/C(=C\N2CCCC2=O)C1c1ccc(OC)cc1. The number of benzene rings is 2. The summed E-state index contributed by atoms with van der Waals surface area (Å²) in [6.07, 6.45) is 4.07. The highest BCUT2D eigenvalue weighted by molar-refractivity contribution is 5.90. The second-order valence-electron chi connectivity index (χ2n) is 8.61. The van der Waals surface area contributed by atoms with Gasteiger partial charge in [0.1, 0.15) is 11.7 Å². The molecule has 33 heavy (non-hydrogen) atoms. The van der Waals surface area contributed by atoms with Crippen LogP contribution in [0.1, 0.15) is 48.4 Å². The van der Waals surface area contributed by atoms with Crippen molar-refractivity contribution < 1.29 is 19.1 Å². The highest BCUT2D eigenvalue weighted by Crippen LogP contribution is 2.48. The van der Waals surface area contributed by atoms with Crippen molar-refractivity contribution in [3.8, 4) is 5.75 Å². The molecule has 2 atom stereocenters. The molecule has 0 radical (unpaired) electrons. The maximum absolute atomic E-state index is 13.4. The lowest BCUT2D eigenvalue weighted by Gasteiger charge is -2.34. The summed E-state index contributed by atoms with van der Waals surface area (Å²) in [6.45, 7) is 2.85. The molecule has 0 spiro atoms. The first-order chi connectivity index (χ1) is 16.1. The van der Waals surface area contributed by atoms with Crippen LogP contribution >= 0.6 is 0 Å². The standard InChI is InChI=1S/C27H28N2O4/c1-3-33-27(31)25-24(17-10-12-19(32-2)13-11-17)18(16-29-14-6-9-23(29)30)15-21-20-7-4-5-8-22(20)28-26(21)25/h4-5,7-8,10-13,16,24-25,28H,3,6,9,14-15H2,1-2H3/b18-16+. The van der Waals surface area contributed by atoms with Gasteiger partial charge in [0.2, 0.25) is 5.91 Å². The lowest BCUT2D eigenvalue weighted by atomic mass is 9.71. The molecule has 1 aromatic heterocycles. The zero-order chi connectivity index (χ0) is 22.9. The summed E-state index contributed by atoms with van der Waals surface area (Å²) < 4.78 is 10.9. The molecule has 2 heterocycles. The van der Waals surface area contributed by atoms with Crippen molar-refractivity contribution in [3.05, 3.63) is 77.1 Å². The van der Waals surface area contributed by atoms with Crippen LogP contribution in [0.3, 0.4) is 0 Å². The topological polar surface area (TPSA) is 71.6 Å². The third-order valence-corrected chi connectivity index (χ3v) is 6.72. The quantitative estimate of drug-likeness (QED) is 0.581. The molecule has 2 unspecified atom stereocenters. The molecule has 1 saturated heterocycles. The van der Waals surface area contributed by atoms with Crippen LogP contribution in [-0.2, 0) is 20.7 Å². The van der Waals surface area contributed by atoms with Crippen molar-refractivity contribution in [1.82, 2.24) is 9.88 Å². The Hall–Kier alpha value is -3.54. The third-order valence-electron chi connectivity index (χ3n) is 6.72. The number of methoxy groups -OCH3 is 1. The van der Waals surface area contributed by atoms with E-state index in [1.807, 2.05) is 60.5 Å². The molecule has 2 aromatic carbocycles. The number of nitrogens with zero attached hydrogens (tertiary/aromatic N) is 1. The van der Waals surface area contributed by atoms with Gasteiger partial charge in [-0.15, -0.1) is 0 Å². The van der Waals surface area contributed by atoms with E-state index < -0.39 is 5.92 Å². The summed E-state index contributed by atoms with van der Waals surface area (Å²) in [7, 11) is 1.64. The number of hydrogen-bond donors (Lipinski definition) is 1. The molecule has 6 nitrogen and oxygen atoms in total. The van der Waals surface area contributed by atoms with E-state index in [1.54, 1.807) is 7.11 Å². The summed E-state index contributed by atoms with van der Waals surface area (Å²) in [4.78, 5) is 31.2. The van der Waals surface area contributed by atoms with Crippen LogP contribution in [0.25, 0.3) is 10.9 Å². The van der Waals surface area contributed by atoms with Gasteiger partial charge in [-0.3, -0.25) is 9.59 Å². The van der Waals surface area contributed by atoms with Crippen LogP contribution in [0, 0.1) is 0 Å². The summed E-state index contributed by atoms with van der Waals surface area (Å²) >= 11 is 0. The first kappa shape index (κ1) is 21.3. The van der Waals surface area contributed by atoms with Crippen molar-refractivity contribution in [2.24, 2.45) is 0 Å². The number of esters is 1. The Bertz CT molecular complexity index is 1220. The van der Waals surface area contributed by atoms with Crippen molar-refractivity contribution in [3.63, 3.8) is 0 Å². The lowest BCUT2D eigenvalue weighted by Crippen LogP contribution is -2.31. The monoisotopic (exact) mass is 444 g/mol. The van der Waals surface area contributed by atoms with Gasteiger partial charge in [-0.2, -0.15) is 0 Å². The number of amides is 1. The fraction of sp³-hybridized carbons (Fsp3) is 0.333. The molecule has 0 bridgehead atoms. The molecule has 6 heteroatoms. The van der Waals surface area contributed by atoms with Gasteiger partial charge in [0, 0.05) is 41.7 Å². The molecule has 1 aliphatic heterocycles. The van der Waals surface area contributed by atoms with E-state index in [2.05, 4.69) is 11.1 Å². The number of fused-ring (bicyclic) bond motifs is 3. The fourth-order valence-corrected chi connectivity index (χ4v) is 5.21. The number of rotatable bonds is 5. The molecule has 1 amide bonds. The lowest BCUT2D eigenvalue weighted by molar-refractivity contribution is -0.145. The van der Waals surface area contributed by atoms with Crippen LogP contribution in [0.2, 0.25) is 0 Å². The Labute approximate surface area is 193 Å². The number of aromatic nitrogens is 1. The molecule has 1 N–H and O–H groups in total. The first-order valence-corrected chi connectivity index (χ1v) is 11.5. The Kier molecular flexibility index (Phi) is 5.67. The Morgan fingerprint density at radius 1 is 1.18 bits per heavy atom. The minimum Gasteiger partial charge on any atom is -0.497 e. The molecule has 3 aromatic rings. The van der Waals surface area contributed by atoms with Crippen molar-refractivity contribution in [2.45, 2.75) is 38.0 Å². The van der Waals surface area contributed by atoms with E-state index in [4.69, 9.17) is 9.47 Å². The molecule has 1 aliphatic carbocycles. The highest BCUT2D eigenvalue weighted by atomic mass is 16.5. The van der Waals surface area contributed by atoms with E-state index in [9.17, 15) is 9.59 Å². The van der Waals surface area contributed by atoms with Crippen LogP contribution in [0.5, 0.6) is 5.75 Å². The predicted molar refractivity (Wildman–Crippen MR) is 126 cm³/mol. The van der Waals surface area contributed by atoms with Gasteiger partial charge < -0.3 is 19.4 Å². The van der Waals surface area contributed by atoms with Gasteiger partial charge in [0.25, 0.3) is 0 Å². The fourth-order valence-electron chi connectivity index (χ4n) is 5.21. The number of aromatic amines is 1. The normalized spacial score (nSPS) is 21.5. The number of allylic oxidation sites excluding steroid dienone is 1. The largest absolute Gasteiger partial charge is 0.497 e. The Morgan fingerprint density at radius 3 is 2.67 bits per heavy atom. The molecule has 0 saturated carbocycles. The van der Waals surface area contributed by atoms with E-state index in [0.29, 0.717) is 26.0 Å². The number of likely N-dealkylation sites (tertiary alicyclic amines) is 1. The molecule has 1 fully saturated rings.